The second-order valence-corrected chi connectivity index (χ2v) is 11.2. The van der Waals surface area contributed by atoms with E-state index in [1.54, 1.807) is 6.07 Å². The number of anilines is 1. The normalized spacial score (nSPS) is 11.6. The molecular formula is C29H27F4N3O5S. The summed E-state index contributed by atoms with van der Waals surface area (Å²) in [6, 6.07) is 14.0. The van der Waals surface area contributed by atoms with Crippen LogP contribution in [0.3, 0.4) is 0 Å². The third-order valence-electron chi connectivity index (χ3n) is 6.38. The molecule has 0 saturated carbocycles. The van der Waals surface area contributed by atoms with Gasteiger partial charge in [-0.1, -0.05) is 12.1 Å². The molecule has 222 valence electrons. The fraction of sp³-hybridized carbons (Fsp3) is 0.241. The van der Waals surface area contributed by atoms with Crippen molar-refractivity contribution >= 4 is 38.5 Å². The quantitative estimate of drug-likeness (QED) is 0.223. The van der Waals surface area contributed by atoms with Gasteiger partial charge in [-0.05, 0) is 54.4 Å². The third-order valence-corrected chi connectivity index (χ3v) is 7.56. The molecule has 1 heterocycles. The van der Waals surface area contributed by atoms with Gasteiger partial charge in [-0.2, -0.15) is 0 Å². The highest BCUT2D eigenvalue weighted by Crippen LogP contribution is 2.42. The van der Waals surface area contributed by atoms with Crippen LogP contribution < -0.4 is 14.9 Å². The maximum absolute atomic E-state index is 13.6. The van der Waals surface area contributed by atoms with E-state index < -0.39 is 47.3 Å². The Morgan fingerprint density at radius 2 is 1.71 bits per heavy atom. The topological polar surface area (TPSA) is 109 Å². The predicted octanol–water partition coefficient (Wildman–Crippen LogP) is 5.39. The van der Waals surface area contributed by atoms with Crippen LogP contribution in [-0.4, -0.2) is 59.7 Å². The van der Waals surface area contributed by atoms with Crippen molar-refractivity contribution in [3.8, 4) is 22.5 Å². The van der Waals surface area contributed by atoms with Crippen molar-refractivity contribution in [2.24, 2.45) is 0 Å². The average Bonchev–Trinajstić information content (AvgIpc) is 3.33. The summed E-state index contributed by atoms with van der Waals surface area (Å²) in [5, 5.41) is 4.94. The summed E-state index contributed by atoms with van der Waals surface area (Å²) in [6.45, 7) is -1.88. The van der Waals surface area contributed by atoms with Gasteiger partial charge in [0.1, 0.15) is 17.2 Å². The van der Waals surface area contributed by atoms with E-state index in [9.17, 15) is 35.6 Å². The Labute approximate surface area is 239 Å². The van der Waals surface area contributed by atoms with E-state index in [-0.39, 0.29) is 52.1 Å². The highest BCUT2D eigenvalue weighted by atomic mass is 32.2. The van der Waals surface area contributed by atoms with Gasteiger partial charge in [0.2, 0.25) is 10.0 Å². The number of fused-ring (bicyclic) bond motifs is 1. The minimum absolute atomic E-state index is 0.0274. The van der Waals surface area contributed by atoms with Crippen LogP contribution in [0, 0.1) is 5.82 Å². The summed E-state index contributed by atoms with van der Waals surface area (Å²) in [5.41, 5.74) is 1.25. The summed E-state index contributed by atoms with van der Waals surface area (Å²) >= 11 is 0. The van der Waals surface area contributed by atoms with Crippen LogP contribution in [0.15, 0.2) is 65.1 Å². The Hall–Kier alpha value is -4.39. The van der Waals surface area contributed by atoms with Gasteiger partial charge < -0.3 is 15.1 Å². The molecule has 0 unspecified atom stereocenters. The molecule has 0 atom stereocenters. The lowest BCUT2D eigenvalue weighted by atomic mass is 9.97. The average molecular weight is 606 g/mol. The third kappa shape index (κ3) is 6.56. The number of hydrogen-bond donors (Lipinski definition) is 2. The first-order chi connectivity index (χ1) is 19.9. The number of alkyl halides is 3. The molecule has 42 heavy (non-hydrogen) atoms. The Bertz CT molecular complexity index is 1720. The molecule has 0 bridgehead atoms. The van der Waals surface area contributed by atoms with Crippen LogP contribution in [0.5, 0.6) is 0 Å². The number of benzene rings is 3. The summed E-state index contributed by atoms with van der Waals surface area (Å²) in [4.78, 5) is 25.6. The fourth-order valence-corrected chi connectivity index (χ4v) is 5.46. The maximum Gasteiger partial charge on any atom is 0.255 e. The monoisotopic (exact) mass is 605 g/mol. The number of amides is 2. The van der Waals surface area contributed by atoms with Gasteiger partial charge in [-0.3, -0.25) is 18.3 Å². The summed E-state index contributed by atoms with van der Waals surface area (Å²) in [5.74, 6) is -1.72. The molecule has 8 nitrogen and oxygen atoms in total. The molecule has 4 rings (SSSR count). The molecule has 3 aromatic carbocycles. The molecule has 4 aromatic rings. The summed E-state index contributed by atoms with van der Waals surface area (Å²) < 4.78 is 85.0. The van der Waals surface area contributed by atoms with Crippen molar-refractivity contribution in [1.82, 2.24) is 10.6 Å². The van der Waals surface area contributed by atoms with Crippen LogP contribution in [0.1, 0.15) is 27.1 Å². The SMILES string of the molecule is CNC(=O)c1c(-c2ccc(F)cc2)oc2cc(N(CCCF)S(C)(=O)=O)c(-c3cccc(C(=O)NCC(F)F)c3)cc12. The molecule has 0 radical (unpaired) electrons. The van der Waals surface area contributed by atoms with Crippen molar-refractivity contribution in [2.45, 2.75) is 12.8 Å². The van der Waals surface area contributed by atoms with Gasteiger partial charge in [-0.25, -0.2) is 21.6 Å². The molecule has 0 aliphatic heterocycles. The van der Waals surface area contributed by atoms with Crippen LogP contribution in [0.4, 0.5) is 23.2 Å². The molecule has 2 amide bonds. The second kappa shape index (κ2) is 12.6. The number of sulfonamides is 1. The van der Waals surface area contributed by atoms with Crippen LogP contribution >= 0.6 is 0 Å². The Balaban J connectivity index is 2.02. The lowest BCUT2D eigenvalue weighted by Crippen LogP contribution is -2.31. The number of furan rings is 1. The number of halogens is 4. The smallest absolute Gasteiger partial charge is 0.255 e. The second-order valence-electron chi connectivity index (χ2n) is 9.32. The van der Waals surface area contributed by atoms with Gasteiger partial charge in [0, 0.05) is 41.7 Å². The zero-order valence-corrected chi connectivity index (χ0v) is 23.4. The van der Waals surface area contributed by atoms with Crippen LogP contribution in [0.25, 0.3) is 33.4 Å². The Kier molecular flexibility index (Phi) is 9.20. The molecule has 0 fully saturated rings. The first-order valence-corrected chi connectivity index (χ1v) is 14.6. The zero-order valence-electron chi connectivity index (χ0n) is 22.6. The van der Waals surface area contributed by atoms with E-state index in [4.69, 9.17) is 4.42 Å². The molecule has 1 aromatic heterocycles. The molecule has 0 aliphatic carbocycles. The molecule has 0 aliphatic rings. The van der Waals surface area contributed by atoms with E-state index >= 15 is 0 Å². The van der Waals surface area contributed by atoms with E-state index in [2.05, 4.69) is 10.6 Å². The number of rotatable bonds is 11. The van der Waals surface area contributed by atoms with Crippen molar-refractivity contribution in [1.29, 1.82) is 0 Å². The van der Waals surface area contributed by atoms with Gasteiger partial charge in [0.15, 0.2) is 0 Å². The van der Waals surface area contributed by atoms with Crippen molar-refractivity contribution < 1.29 is 40.0 Å². The maximum atomic E-state index is 13.6. The van der Waals surface area contributed by atoms with Gasteiger partial charge >= 0.3 is 0 Å². The van der Waals surface area contributed by atoms with Crippen LogP contribution in [0.2, 0.25) is 0 Å². The van der Waals surface area contributed by atoms with Crippen molar-refractivity contribution in [3.63, 3.8) is 0 Å². The lowest BCUT2D eigenvalue weighted by molar-refractivity contribution is 0.0891. The molecule has 0 saturated heterocycles. The molecule has 0 spiro atoms. The Morgan fingerprint density at radius 1 is 1.00 bits per heavy atom. The highest BCUT2D eigenvalue weighted by Gasteiger charge is 2.27. The predicted molar refractivity (Wildman–Crippen MR) is 152 cm³/mol. The number of carbonyl (C=O) groups excluding carboxylic acids is 2. The summed E-state index contributed by atoms with van der Waals surface area (Å²) in [7, 11) is -2.56. The first kappa shape index (κ1) is 30.6. The Morgan fingerprint density at radius 3 is 2.33 bits per heavy atom. The van der Waals surface area contributed by atoms with E-state index in [0.29, 0.717) is 11.1 Å². The van der Waals surface area contributed by atoms with Crippen molar-refractivity contribution in [3.05, 3.63) is 77.6 Å². The number of nitrogens with one attached hydrogen (secondary N) is 2. The lowest BCUT2D eigenvalue weighted by Gasteiger charge is -2.25. The van der Waals surface area contributed by atoms with E-state index in [1.165, 1.54) is 61.6 Å². The molecular weight excluding hydrogens is 578 g/mol. The largest absolute Gasteiger partial charge is 0.455 e. The standard InChI is InChI=1S/C29H27F4N3O5S/c1-34-29(38)26-22-14-21(18-5-3-6-19(13-18)28(37)35-16-25(32)33)23(36(12-4-11-30)42(2,39)40)15-24(22)41-27(26)17-7-9-20(31)10-8-17/h3,5-10,13-15,25H,4,11-12,16H2,1-2H3,(H,34,38)(H,35,37). The number of nitrogens with zero attached hydrogens (tertiary/aromatic N) is 1. The van der Waals surface area contributed by atoms with E-state index in [1.807, 2.05) is 0 Å². The first-order valence-electron chi connectivity index (χ1n) is 12.7. The molecule has 2 N–H and O–H groups in total. The van der Waals surface area contributed by atoms with Gasteiger partial charge in [0.25, 0.3) is 18.2 Å². The van der Waals surface area contributed by atoms with E-state index in [0.717, 1.165) is 10.6 Å². The number of hydrogen-bond acceptors (Lipinski definition) is 5. The summed E-state index contributed by atoms with van der Waals surface area (Å²) in [6.07, 6.45) is -1.93. The molecule has 13 heteroatoms. The highest BCUT2D eigenvalue weighted by molar-refractivity contribution is 7.92. The fourth-order valence-electron chi connectivity index (χ4n) is 4.49. The number of carbonyl (C=O) groups is 2. The zero-order chi connectivity index (χ0) is 30.6. The minimum atomic E-state index is -3.97. The van der Waals surface area contributed by atoms with Crippen molar-refractivity contribution in [2.75, 3.05) is 37.4 Å². The van der Waals surface area contributed by atoms with Gasteiger partial charge in [0.05, 0.1) is 30.7 Å². The van der Waals surface area contributed by atoms with Gasteiger partial charge in [-0.15, -0.1) is 0 Å². The van der Waals surface area contributed by atoms with Crippen LogP contribution in [-0.2, 0) is 10.0 Å². The minimum Gasteiger partial charge on any atom is -0.455 e.